The molecule has 0 fully saturated rings. The quantitative estimate of drug-likeness (QED) is 0.802. The van der Waals surface area contributed by atoms with E-state index >= 15 is 0 Å². The van der Waals surface area contributed by atoms with E-state index in [9.17, 15) is 9.59 Å². The number of nitrogens with one attached hydrogen (secondary N) is 2. The number of amides is 2. The molecule has 1 aromatic carbocycles. The Morgan fingerprint density at radius 2 is 1.79 bits per heavy atom. The van der Waals surface area contributed by atoms with Gasteiger partial charge in [0.15, 0.2) is 0 Å². The minimum atomic E-state index is -0.830. The van der Waals surface area contributed by atoms with Crippen LogP contribution in [0.4, 0.5) is 4.79 Å². The van der Waals surface area contributed by atoms with Gasteiger partial charge < -0.3 is 20.1 Å². The van der Waals surface area contributed by atoms with Crippen LogP contribution in [0.2, 0.25) is 0 Å². The van der Waals surface area contributed by atoms with Gasteiger partial charge in [-0.25, -0.2) is 4.79 Å². The molecule has 0 aliphatic carbocycles. The van der Waals surface area contributed by atoms with Gasteiger partial charge in [0.05, 0.1) is 12.7 Å². The maximum atomic E-state index is 12.2. The molecule has 0 bridgehead atoms. The van der Waals surface area contributed by atoms with E-state index in [2.05, 4.69) is 10.6 Å². The van der Waals surface area contributed by atoms with E-state index in [1.54, 1.807) is 27.7 Å². The molecule has 6 nitrogen and oxygen atoms in total. The fourth-order valence-corrected chi connectivity index (χ4v) is 2.01. The van der Waals surface area contributed by atoms with Crippen molar-refractivity contribution < 1.29 is 19.1 Å². The highest BCUT2D eigenvalue weighted by Crippen LogP contribution is 2.10. The van der Waals surface area contributed by atoms with E-state index in [-0.39, 0.29) is 5.91 Å². The smallest absolute Gasteiger partial charge is 0.408 e. The molecule has 0 saturated carbocycles. The van der Waals surface area contributed by atoms with Crippen LogP contribution < -0.4 is 10.6 Å². The highest BCUT2D eigenvalue weighted by molar-refractivity contribution is 5.86. The Labute approximate surface area is 143 Å². The zero-order valence-electron chi connectivity index (χ0n) is 15.1. The largest absolute Gasteiger partial charge is 0.444 e. The van der Waals surface area contributed by atoms with Gasteiger partial charge in [-0.05, 0) is 40.2 Å². The summed E-state index contributed by atoms with van der Waals surface area (Å²) in [6.07, 6.45) is -1.15. The molecule has 0 spiro atoms. The number of carbonyl (C=O) groups is 2. The van der Waals surface area contributed by atoms with Crippen molar-refractivity contribution in [3.8, 4) is 0 Å². The van der Waals surface area contributed by atoms with Gasteiger partial charge in [-0.1, -0.05) is 30.3 Å². The Morgan fingerprint density at radius 3 is 2.33 bits per heavy atom. The van der Waals surface area contributed by atoms with Crippen LogP contribution in [-0.4, -0.2) is 36.3 Å². The minimum Gasteiger partial charge on any atom is -0.444 e. The molecule has 6 heteroatoms. The number of rotatable bonds is 7. The molecular weight excluding hydrogens is 308 g/mol. The Kier molecular flexibility index (Phi) is 7.71. The summed E-state index contributed by atoms with van der Waals surface area (Å²) in [6, 6.07) is 8.81. The predicted octanol–water partition coefficient (Wildman–Crippen LogP) is 2.62. The molecule has 0 aromatic heterocycles. The van der Waals surface area contributed by atoms with Gasteiger partial charge in [0, 0.05) is 6.54 Å². The second kappa shape index (κ2) is 9.27. The van der Waals surface area contributed by atoms with Crippen molar-refractivity contribution in [3.63, 3.8) is 0 Å². The normalized spacial score (nSPS) is 13.7. The SMILES string of the molecule is CCNC(=O)C(NC(=O)OC(C)(C)C)C(C)OCc1ccccc1. The van der Waals surface area contributed by atoms with Gasteiger partial charge in [0.1, 0.15) is 11.6 Å². The third kappa shape index (κ3) is 7.46. The summed E-state index contributed by atoms with van der Waals surface area (Å²) < 4.78 is 11.0. The zero-order chi connectivity index (χ0) is 18.2. The van der Waals surface area contributed by atoms with Crippen LogP contribution in [0.5, 0.6) is 0 Å². The molecule has 0 aliphatic rings. The Hall–Kier alpha value is -2.08. The third-order valence-electron chi connectivity index (χ3n) is 3.13. The Bertz CT molecular complexity index is 526. The summed E-state index contributed by atoms with van der Waals surface area (Å²) in [7, 11) is 0. The fraction of sp³-hybridized carbons (Fsp3) is 0.556. The summed E-state index contributed by atoms with van der Waals surface area (Å²) >= 11 is 0. The number of likely N-dealkylation sites (N-methyl/N-ethyl adjacent to an activating group) is 1. The summed E-state index contributed by atoms with van der Waals surface area (Å²) in [5, 5.41) is 5.30. The van der Waals surface area contributed by atoms with Crippen molar-refractivity contribution >= 4 is 12.0 Å². The van der Waals surface area contributed by atoms with Crippen LogP contribution in [0.1, 0.15) is 40.2 Å². The van der Waals surface area contributed by atoms with Crippen LogP contribution in [0.15, 0.2) is 30.3 Å². The van der Waals surface area contributed by atoms with Crippen molar-refractivity contribution in [3.05, 3.63) is 35.9 Å². The molecule has 2 atom stereocenters. The maximum Gasteiger partial charge on any atom is 0.408 e. The predicted molar refractivity (Wildman–Crippen MR) is 92.5 cm³/mol. The molecule has 1 aromatic rings. The van der Waals surface area contributed by atoms with Crippen LogP contribution >= 0.6 is 0 Å². The van der Waals surface area contributed by atoms with E-state index in [0.29, 0.717) is 13.2 Å². The Morgan fingerprint density at radius 1 is 1.17 bits per heavy atom. The number of benzene rings is 1. The molecule has 2 amide bonds. The molecule has 134 valence electrons. The molecule has 2 N–H and O–H groups in total. The number of hydrogen-bond donors (Lipinski definition) is 2. The van der Waals surface area contributed by atoms with Crippen LogP contribution in [0.3, 0.4) is 0 Å². The second-order valence-electron chi connectivity index (χ2n) is 6.52. The number of ether oxygens (including phenoxy) is 2. The molecule has 24 heavy (non-hydrogen) atoms. The molecular formula is C18H28N2O4. The third-order valence-corrected chi connectivity index (χ3v) is 3.13. The van der Waals surface area contributed by atoms with E-state index in [4.69, 9.17) is 9.47 Å². The first-order valence-corrected chi connectivity index (χ1v) is 8.15. The summed E-state index contributed by atoms with van der Waals surface area (Å²) in [6.45, 7) is 9.69. The summed E-state index contributed by atoms with van der Waals surface area (Å²) in [5.74, 6) is -0.302. The molecule has 0 radical (unpaired) electrons. The maximum absolute atomic E-state index is 12.2. The van der Waals surface area contributed by atoms with Gasteiger partial charge in [0.25, 0.3) is 0 Å². The monoisotopic (exact) mass is 336 g/mol. The lowest BCUT2D eigenvalue weighted by Gasteiger charge is -2.26. The van der Waals surface area contributed by atoms with E-state index in [1.807, 2.05) is 37.3 Å². The molecule has 2 unspecified atom stereocenters. The van der Waals surface area contributed by atoms with Crippen LogP contribution in [0, 0.1) is 0 Å². The Balaban J connectivity index is 2.69. The highest BCUT2D eigenvalue weighted by Gasteiger charge is 2.29. The molecule has 1 rings (SSSR count). The molecule has 0 saturated heterocycles. The number of carbonyl (C=O) groups excluding carboxylic acids is 2. The minimum absolute atomic E-state index is 0.302. The number of hydrogen-bond acceptors (Lipinski definition) is 4. The van der Waals surface area contributed by atoms with Crippen molar-refractivity contribution in [2.45, 2.75) is 59.0 Å². The van der Waals surface area contributed by atoms with Gasteiger partial charge in [-0.2, -0.15) is 0 Å². The van der Waals surface area contributed by atoms with Gasteiger partial charge >= 0.3 is 6.09 Å². The van der Waals surface area contributed by atoms with Gasteiger partial charge in [-0.15, -0.1) is 0 Å². The average Bonchev–Trinajstić information content (AvgIpc) is 2.50. The van der Waals surface area contributed by atoms with Crippen molar-refractivity contribution in [2.75, 3.05) is 6.54 Å². The van der Waals surface area contributed by atoms with Crippen molar-refractivity contribution in [2.24, 2.45) is 0 Å². The summed E-state index contributed by atoms with van der Waals surface area (Å²) in [5.41, 5.74) is 0.362. The lowest BCUT2D eigenvalue weighted by atomic mass is 10.1. The number of alkyl carbamates (subject to hydrolysis) is 1. The first kappa shape index (κ1) is 20.0. The average molecular weight is 336 g/mol. The molecule has 0 aliphatic heterocycles. The zero-order valence-corrected chi connectivity index (χ0v) is 15.1. The highest BCUT2D eigenvalue weighted by atomic mass is 16.6. The summed E-state index contributed by atoms with van der Waals surface area (Å²) in [4.78, 5) is 24.2. The van der Waals surface area contributed by atoms with E-state index in [1.165, 1.54) is 0 Å². The van der Waals surface area contributed by atoms with Gasteiger partial charge in [0.2, 0.25) is 5.91 Å². The van der Waals surface area contributed by atoms with Crippen LogP contribution in [-0.2, 0) is 20.9 Å². The lowest BCUT2D eigenvalue weighted by Crippen LogP contribution is -2.54. The van der Waals surface area contributed by atoms with Gasteiger partial charge in [-0.3, -0.25) is 4.79 Å². The fourth-order valence-electron chi connectivity index (χ4n) is 2.01. The van der Waals surface area contributed by atoms with E-state index < -0.39 is 23.8 Å². The van der Waals surface area contributed by atoms with Crippen molar-refractivity contribution in [1.29, 1.82) is 0 Å². The lowest BCUT2D eigenvalue weighted by molar-refractivity contribution is -0.127. The topological polar surface area (TPSA) is 76.7 Å². The second-order valence-corrected chi connectivity index (χ2v) is 6.52. The van der Waals surface area contributed by atoms with E-state index in [0.717, 1.165) is 5.56 Å². The first-order chi connectivity index (χ1) is 11.2. The standard InChI is InChI=1S/C18H28N2O4/c1-6-19-16(21)15(20-17(22)24-18(3,4)5)13(2)23-12-14-10-8-7-9-11-14/h7-11,13,15H,6,12H2,1-5H3,(H,19,21)(H,20,22). The first-order valence-electron chi connectivity index (χ1n) is 8.15. The van der Waals surface area contributed by atoms with Crippen molar-refractivity contribution in [1.82, 2.24) is 10.6 Å². The molecule has 0 heterocycles. The van der Waals surface area contributed by atoms with Crippen LogP contribution in [0.25, 0.3) is 0 Å².